The summed E-state index contributed by atoms with van der Waals surface area (Å²) in [6.45, 7) is 13.6. The molecular formula is C30H50O4. The van der Waals surface area contributed by atoms with Gasteiger partial charge in [-0.1, -0.05) is 27.7 Å². The molecule has 6 aliphatic rings. The van der Waals surface area contributed by atoms with Crippen LogP contribution in [0.25, 0.3) is 0 Å². The van der Waals surface area contributed by atoms with Crippen molar-refractivity contribution < 1.29 is 20.1 Å². The number of aliphatic hydroxyl groups excluding tert-OH is 3. The molecule has 6 rings (SSSR count). The minimum atomic E-state index is -0.384. The van der Waals surface area contributed by atoms with Crippen LogP contribution >= 0.6 is 0 Å². The summed E-state index contributed by atoms with van der Waals surface area (Å²) in [5.74, 6) is 2.89. The molecule has 0 aromatic carbocycles. The zero-order valence-corrected chi connectivity index (χ0v) is 22.4. The van der Waals surface area contributed by atoms with Crippen LogP contribution in [-0.2, 0) is 4.74 Å². The highest BCUT2D eigenvalue weighted by molar-refractivity contribution is 5.21. The van der Waals surface area contributed by atoms with E-state index >= 15 is 0 Å². The number of fused-ring (bicyclic) bond motifs is 7. The Morgan fingerprint density at radius 2 is 1.44 bits per heavy atom. The van der Waals surface area contributed by atoms with Gasteiger partial charge >= 0.3 is 0 Å². The van der Waals surface area contributed by atoms with Crippen LogP contribution in [0.3, 0.4) is 0 Å². The second kappa shape index (κ2) is 7.23. The molecule has 194 valence electrons. The molecule has 5 saturated carbocycles. The van der Waals surface area contributed by atoms with Crippen LogP contribution in [0.2, 0.25) is 0 Å². The topological polar surface area (TPSA) is 73.2 Å². The number of epoxide rings is 1. The van der Waals surface area contributed by atoms with E-state index in [2.05, 4.69) is 34.6 Å². The van der Waals surface area contributed by atoms with Crippen molar-refractivity contribution in [3.05, 3.63) is 0 Å². The maximum absolute atomic E-state index is 11.0. The van der Waals surface area contributed by atoms with Crippen molar-refractivity contribution >= 4 is 0 Å². The van der Waals surface area contributed by atoms with Crippen LogP contribution < -0.4 is 0 Å². The van der Waals surface area contributed by atoms with E-state index in [0.29, 0.717) is 36.2 Å². The minimum Gasteiger partial charge on any atom is -0.396 e. The zero-order chi connectivity index (χ0) is 24.4. The lowest BCUT2D eigenvalue weighted by Gasteiger charge is -2.73. The molecule has 5 aliphatic carbocycles. The van der Waals surface area contributed by atoms with Crippen molar-refractivity contribution in [1.29, 1.82) is 0 Å². The lowest BCUT2D eigenvalue weighted by atomic mass is 9.32. The zero-order valence-electron chi connectivity index (χ0n) is 22.4. The molecule has 0 aromatic rings. The van der Waals surface area contributed by atoms with Crippen LogP contribution in [0.15, 0.2) is 0 Å². The average molecular weight is 475 g/mol. The number of rotatable bonds is 3. The third-order valence-corrected chi connectivity index (χ3v) is 14.4. The van der Waals surface area contributed by atoms with Gasteiger partial charge in [0.1, 0.15) is 0 Å². The number of ether oxygens (including phenoxy) is 1. The fourth-order valence-electron chi connectivity index (χ4n) is 12.0. The van der Waals surface area contributed by atoms with E-state index in [1.807, 2.05) is 0 Å². The van der Waals surface area contributed by atoms with Gasteiger partial charge in [-0.25, -0.2) is 0 Å². The van der Waals surface area contributed by atoms with Crippen LogP contribution in [0.4, 0.5) is 0 Å². The predicted molar refractivity (Wildman–Crippen MR) is 133 cm³/mol. The smallest absolute Gasteiger partial charge is 0.0919 e. The van der Waals surface area contributed by atoms with E-state index < -0.39 is 0 Å². The third kappa shape index (κ3) is 2.70. The molecule has 12 atom stereocenters. The Hall–Kier alpha value is -0.160. The van der Waals surface area contributed by atoms with E-state index in [9.17, 15) is 15.3 Å². The lowest BCUT2D eigenvalue weighted by molar-refractivity contribution is -0.257. The summed E-state index contributed by atoms with van der Waals surface area (Å²) in [4.78, 5) is 0. The van der Waals surface area contributed by atoms with Gasteiger partial charge in [-0.15, -0.1) is 0 Å². The molecule has 1 aliphatic heterocycles. The molecular weight excluding hydrogens is 424 g/mol. The molecule has 0 spiro atoms. The summed E-state index contributed by atoms with van der Waals surface area (Å²) < 4.78 is 6.07. The van der Waals surface area contributed by atoms with Gasteiger partial charge in [-0.05, 0) is 122 Å². The van der Waals surface area contributed by atoms with Crippen molar-refractivity contribution in [1.82, 2.24) is 0 Å². The summed E-state index contributed by atoms with van der Waals surface area (Å²) in [5, 5.41) is 32.1. The van der Waals surface area contributed by atoms with Crippen LogP contribution in [0, 0.1) is 56.7 Å². The fourth-order valence-corrected chi connectivity index (χ4v) is 12.0. The predicted octanol–water partition coefficient (Wildman–Crippen LogP) is 5.18. The largest absolute Gasteiger partial charge is 0.396 e. The van der Waals surface area contributed by atoms with Gasteiger partial charge in [0.2, 0.25) is 0 Å². The van der Waals surface area contributed by atoms with Crippen molar-refractivity contribution in [3.63, 3.8) is 0 Å². The third-order valence-electron chi connectivity index (χ3n) is 14.4. The second-order valence-corrected chi connectivity index (χ2v) is 15.2. The molecule has 1 saturated heterocycles. The van der Waals surface area contributed by atoms with Crippen LogP contribution in [-0.4, -0.2) is 46.8 Å². The van der Waals surface area contributed by atoms with Gasteiger partial charge in [0, 0.05) is 12.0 Å². The first-order chi connectivity index (χ1) is 15.9. The number of hydrogen-bond acceptors (Lipinski definition) is 4. The van der Waals surface area contributed by atoms with Gasteiger partial charge in [0.25, 0.3) is 0 Å². The van der Waals surface area contributed by atoms with Crippen molar-refractivity contribution in [2.45, 2.75) is 111 Å². The van der Waals surface area contributed by atoms with E-state index in [1.165, 1.54) is 44.9 Å². The standard InChI is InChI=1S/C30H50O4/c1-25-11-10-23(33)26(2,16-31)21(25)9-12-28(4)22(25)7-6-19-24-20(29(5)18-34-29)8-13-30(24,17-32)15-14-27(19,28)3/h19-24,31-33H,6-18H2,1-5H3/t19?,20-,21-,22?,23+,24?,25+,26+,27-,28-,29?,30-/m1/s1. The Bertz CT molecular complexity index is 840. The van der Waals surface area contributed by atoms with Crippen molar-refractivity contribution in [2.24, 2.45) is 56.7 Å². The van der Waals surface area contributed by atoms with Gasteiger partial charge < -0.3 is 20.1 Å². The Morgan fingerprint density at radius 1 is 0.706 bits per heavy atom. The SMILES string of the molecule is CC1([C@@H]2CC[C@]3(CO)CC[C@]4(C)C(CCC5[C@@]6(C)CC[C@H](O)[C@@](C)(CO)[C@@H]6CC[C@]54C)C23)CO1. The minimum absolute atomic E-state index is 0.0453. The quantitative estimate of drug-likeness (QED) is 0.493. The molecule has 0 radical (unpaired) electrons. The molecule has 0 amide bonds. The highest BCUT2D eigenvalue weighted by atomic mass is 16.6. The molecule has 34 heavy (non-hydrogen) atoms. The molecule has 4 nitrogen and oxygen atoms in total. The maximum atomic E-state index is 11.0. The first-order valence-corrected chi connectivity index (χ1v) is 14.5. The van der Waals surface area contributed by atoms with E-state index in [0.717, 1.165) is 25.9 Å². The number of aliphatic hydroxyl groups is 3. The summed E-state index contributed by atoms with van der Waals surface area (Å²) in [5.41, 5.74) is 0.526. The molecule has 0 aromatic heterocycles. The monoisotopic (exact) mass is 474 g/mol. The fraction of sp³-hybridized carbons (Fsp3) is 1.00. The molecule has 6 fully saturated rings. The second-order valence-electron chi connectivity index (χ2n) is 15.2. The Kier molecular flexibility index (Phi) is 5.15. The first kappa shape index (κ1) is 24.2. The Balaban J connectivity index is 1.39. The molecule has 3 N–H and O–H groups in total. The average Bonchev–Trinajstić information content (AvgIpc) is 3.43. The summed E-state index contributed by atoms with van der Waals surface area (Å²) in [6, 6.07) is 0. The van der Waals surface area contributed by atoms with Crippen molar-refractivity contribution in [2.75, 3.05) is 19.8 Å². The van der Waals surface area contributed by atoms with Gasteiger partial charge in [0.15, 0.2) is 0 Å². The maximum Gasteiger partial charge on any atom is 0.0919 e. The van der Waals surface area contributed by atoms with Gasteiger partial charge in [-0.3, -0.25) is 0 Å². The van der Waals surface area contributed by atoms with Crippen LogP contribution in [0.1, 0.15) is 98.8 Å². The Labute approximate surface area is 207 Å². The Morgan fingerprint density at radius 3 is 2.09 bits per heavy atom. The van der Waals surface area contributed by atoms with E-state index in [1.54, 1.807) is 0 Å². The van der Waals surface area contributed by atoms with E-state index in [4.69, 9.17) is 4.74 Å². The van der Waals surface area contributed by atoms with Gasteiger partial charge in [0.05, 0.1) is 24.9 Å². The highest BCUT2D eigenvalue weighted by Gasteiger charge is 2.72. The first-order valence-electron chi connectivity index (χ1n) is 14.5. The van der Waals surface area contributed by atoms with E-state index in [-0.39, 0.29) is 45.4 Å². The summed E-state index contributed by atoms with van der Waals surface area (Å²) >= 11 is 0. The van der Waals surface area contributed by atoms with Crippen molar-refractivity contribution in [3.8, 4) is 0 Å². The molecule has 4 unspecified atom stereocenters. The molecule has 4 heteroatoms. The van der Waals surface area contributed by atoms with Gasteiger partial charge in [-0.2, -0.15) is 0 Å². The van der Waals surface area contributed by atoms with Crippen LogP contribution in [0.5, 0.6) is 0 Å². The lowest BCUT2D eigenvalue weighted by Crippen LogP contribution is -2.67. The molecule has 1 heterocycles. The summed E-state index contributed by atoms with van der Waals surface area (Å²) in [7, 11) is 0. The molecule has 0 bridgehead atoms. The number of hydrogen-bond donors (Lipinski definition) is 3. The highest BCUT2D eigenvalue weighted by Crippen LogP contribution is 2.78. The summed E-state index contributed by atoms with van der Waals surface area (Å²) in [6.07, 6.45) is 11.2. The normalized spacial score (nSPS) is 62.8.